The smallest absolute Gasteiger partial charge is 0.166 e. The third-order valence-electron chi connectivity index (χ3n) is 2.19. The predicted octanol–water partition coefficient (Wildman–Crippen LogP) is 1.15. The average Bonchev–Trinajstić information content (AvgIpc) is 2.22. The van der Waals surface area contributed by atoms with Crippen molar-refractivity contribution in [2.75, 3.05) is 19.3 Å². The second-order valence-electron chi connectivity index (χ2n) is 3.58. The number of ketones is 1. The third-order valence-corrected chi connectivity index (χ3v) is 2.19. The van der Waals surface area contributed by atoms with E-state index in [1.54, 1.807) is 12.3 Å². The summed E-state index contributed by atoms with van der Waals surface area (Å²) in [6, 6.07) is 1.80. The number of nitrogens with zero attached hydrogens (tertiary/aromatic N) is 1. The van der Waals surface area contributed by atoms with Crippen LogP contribution in [0, 0.1) is 6.92 Å². The molecule has 1 aromatic rings. The van der Waals surface area contributed by atoms with Gasteiger partial charge in [0, 0.05) is 12.6 Å². The zero-order chi connectivity index (χ0) is 11.3. The van der Waals surface area contributed by atoms with Gasteiger partial charge in [0.05, 0.1) is 5.56 Å². The van der Waals surface area contributed by atoms with Crippen molar-refractivity contribution in [2.24, 2.45) is 0 Å². The van der Waals surface area contributed by atoms with E-state index in [9.17, 15) is 4.79 Å². The van der Waals surface area contributed by atoms with Crippen LogP contribution in [0.2, 0.25) is 0 Å². The van der Waals surface area contributed by atoms with Gasteiger partial charge in [-0.05, 0) is 38.6 Å². The molecule has 0 aliphatic rings. The Kier molecular flexibility index (Phi) is 4.24. The van der Waals surface area contributed by atoms with Gasteiger partial charge in [0.2, 0.25) is 0 Å². The van der Waals surface area contributed by atoms with Crippen molar-refractivity contribution in [1.29, 1.82) is 0 Å². The molecule has 0 unspecified atom stereocenters. The first-order chi connectivity index (χ1) is 7.15. The molecule has 0 aromatic carbocycles. The summed E-state index contributed by atoms with van der Waals surface area (Å²) in [7, 11) is 1.87. The fourth-order valence-electron chi connectivity index (χ4n) is 1.36. The van der Waals surface area contributed by atoms with E-state index in [0.717, 1.165) is 18.5 Å². The fraction of sp³-hybridized carbons (Fsp3) is 0.455. The van der Waals surface area contributed by atoms with Gasteiger partial charge in [0.25, 0.3) is 0 Å². The number of hydrogen-bond acceptors (Lipinski definition) is 4. The fourth-order valence-corrected chi connectivity index (χ4v) is 1.36. The number of nitrogens with one attached hydrogen (secondary N) is 1. The van der Waals surface area contributed by atoms with Gasteiger partial charge in [0.15, 0.2) is 5.78 Å². The van der Waals surface area contributed by atoms with E-state index < -0.39 is 0 Å². The van der Waals surface area contributed by atoms with Crippen LogP contribution in [0.4, 0.5) is 5.82 Å². The SMILES string of the molecule is CNCCCC(=O)c1cc(C)cnc1N. The molecule has 1 rings (SSSR count). The van der Waals surface area contributed by atoms with Crippen molar-refractivity contribution in [3.63, 3.8) is 0 Å². The molecule has 0 saturated heterocycles. The molecule has 0 saturated carbocycles. The van der Waals surface area contributed by atoms with Gasteiger partial charge in [-0.15, -0.1) is 0 Å². The Hall–Kier alpha value is -1.42. The van der Waals surface area contributed by atoms with E-state index in [0.29, 0.717) is 17.8 Å². The molecule has 0 atom stereocenters. The van der Waals surface area contributed by atoms with Gasteiger partial charge in [-0.1, -0.05) is 0 Å². The number of aryl methyl sites for hydroxylation is 1. The number of hydrogen-bond donors (Lipinski definition) is 2. The van der Waals surface area contributed by atoms with Gasteiger partial charge in [-0.2, -0.15) is 0 Å². The maximum atomic E-state index is 11.7. The monoisotopic (exact) mass is 207 g/mol. The molecule has 82 valence electrons. The number of aromatic nitrogens is 1. The first-order valence-electron chi connectivity index (χ1n) is 5.05. The predicted molar refractivity (Wildman–Crippen MR) is 60.9 cm³/mol. The number of Topliss-reactive ketones (excluding diaryl/α,β-unsaturated/α-hetero) is 1. The van der Waals surface area contributed by atoms with E-state index in [4.69, 9.17) is 5.73 Å². The number of pyridine rings is 1. The summed E-state index contributed by atoms with van der Waals surface area (Å²) in [5.74, 6) is 0.397. The minimum Gasteiger partial charge on any atom is -0.383 e. The third kappa shape index (κ3) is 3.32. The lowest BCUT2D eigenvalue weighted by molar-refractivity contribution is 0.0980. The highest BCUT2D eigenvalue weighted by Gasteiger charge is 2.10. The lowest BCUT2D eigenvalue weighted by atomic mass is 10.1. The van der Waals surface area contributed by atoms with Gasteiger partial charge in [-0.25, -0.2) is 4.98 Å². The lowest BCUT2D eigenvalue weighted by Crippen LogP contribution is -2.11. The quantitative estimate of drug-likeness (QED) is 0.561. The van der Waals surface area contributed by atoms with Gasteiger partial charge >= 0.3 is 0 Å². The molecule has 0 spiro atoms. The standard InChI is InChI=1S/C11H17N3O/c1-8-6-9(11(12)14-7-8)10(15)4-3-5-13-2/h6-7,13H,3-5H2,1-2H3,(H2,12,14). The van der Waals surface area contributed by atoms with Crippen LogP contribution in [0.1, 0.15) is 28.8 Å². The zero-order valence-electron chi connectivity index (χ0n) is 9.21. The van der Waals surface area contributed by atoms with Crippen LogP contribution in [0.3, 0.4) is 0 Å². The second kappa shape index (κ2) is 5.46. The van der Waals surface area contributed by atoms with E-state index in [1.165, 1.54) is 0 Å². The Morgan fingerprint density at radius 1 is 1.60 bits per heavy atom. The Bertz CT molecular complexity index is 350. The molecule has 0 aliphatic carbocycles. The van der Waals surface area contributed by atoms with Gasteiger partial charge < -0.3 is 11.1 Å². The van der Waals surface area contributed by atoms with Crippen molar-refractivity contribution >= 4 is 11.6 Å². The minimum atomic E-state index is 0.0685. The van der Waals surface area contributed by atoms with E-state index in [2.05, 4.69) is 10.3 Å². The van der Waals surface area contributed by atoms with Crippen molar-refractivity contribution in [3.05, 3.63) is 23.4 Å². The number of carbonyl (C=O) groups excluding carboxylic acids is 1. The first-order valence-corrected chi connectivity index (χ1v) is 5.05. The van der Waals surface area contributed by atoms with E-state index in [1.807, 2.05) is 14.0 Å². The summed E-state index contributed by atoms with van der Waals surface area (Å²) in [5, 5.41) is 3.00. The molecule has 1 heterocycles. The summed E-state index contributed by atoms with van der Waals surface area (Å²) in [6.07, 6.45) is 3.00. The van der Waals surface area contributed by atoms with Crippen molar-refractivity contribution in [2.45, 2.75) is 19.8 Å². The van der Waals surface area contributed by atoms with E-state index in [-0.39, 0.29) is 5.78 Å². The summed E-state index contributed by atoms with van der Waals surface area (Å²) in [5.41, 5.74) is 7.15. The molecule has 0 fully saturated rings. The topological polar surface area (TPSA) is 68.0 Å². The second-order valence-corrected chi connectivity index (χ2v) is 3.58. The van der Waals surface area contributed by atoms with Crippen LogP contribution < -0.4 is 11.1 Å². The van der Waals surface area contributed by atoms with Gasteiger partial charge in [0.1, 0.15) is 5.82 Å². The first kappa shape index (κ1) is 11.7. The molecular weight excluding hydrogens is 190 g/mol. The van der Waals surface area contributed by atoms with Crippen LogP contribution in [-0.4, -0.2) is 24.4 Å². The number of carbonyl (C=O) groups is 1. The molecule has 4 heteroatoms. The average molecular weight is 207 g/mol. The van der Waals surface area contributed by atoms with Crippen molar-refractivity contribution in [1.82, 2.24) is 10.3 Å². The summed E-state index contributed by atoms with van der Waals surface area (Å²) in [4.78, 5) is 15.7. The molecule has 1 aromatic heterocycles. The highest BCUT2D eigenvalue weighted by molar-refractivity contribution is 6.00. The summed E-state index contributed by atoms with van der Waals surface area (Å²) < 4.78 is 0. The molecule has 15 heavy (non-hydrogen) atoms. The number of nitrogen functional groups attached to an aromatic ring is 1. The number of nitrogens with two attached hydrogens (primary N) is 1. The highest BCUT2D eigenvalue weighted by atomic mass is 16.1. The highest BCUT2D eigenvalue weighted by Crippen LogP contribution is 2.13. The molecule has 0 amide bonds. The van der Waals surface area contributed by atoms with Crippen LogP contribution >= 0.6 is 0 Å². The molecule has 3 N–H and O–H groups in total. The van der Waals surface area contributed by atoms with Crippen LogP contribution in [-0.2, 0) is 0 Å². The Morgan fingerprint density at radius 2 is 2.33 bits per heavy atom. The molecular formula is C11H17N3O. The van der Waals surface area contributed by atoms with Gasteiger partial charge in [-0.3, -0.25) is 4.79 Å². The molecule has 0 aliphatic heterocycles. The maximum absolute atomic E-state index is 11.7. The lowest BCUT2D eigenvalue weighted by Gasteiger charge is -2.04. The normalized spacial score (nSPS) is 10.3. The van der Waals surface area contributed by atoms with Crippen molar-refractivity contribution in [3.8, 4) is 0 Å². The Labute approximate surface area is 89.9 Å². The summed E-state index contributed by atoms with van der Waals surface area (Å²) >= 11 is 0. The van der Waals surface area contributed by atoms with E-state index >= 15 is 0 Å². The maximum Gasteiger partial charge on any atom is 0.166 e. The Balaban J connectivity index is 2.68. The molecule has 4 nitrogen and oxygen atoms in total. The van der Waals surface area contributed by atoms with Crippen LogP contribution in [0.5, 0.6) is 0 Å². The van der Waals surface area contributed by atoms with Crippen molar-refractivity contribution < 1.29 is 4.79 Å². The molecule has 0 bridgehead atoms. The minimum absolute atomic E-state index is 0.0685. The number of rotatable bonds is 5. The van der Waals surface area contributed by atoms with Crippen LogP contribution in [0.15, 0.2) is 12.3 Å². The van der Waals surface area contributed by atoms with Crippen LogP contribution in [0.25, 0.3) is 0 Å². The largest absolute Gasteiger partial charge is 0.383 e. The summed E-state index contributed by atoms with van der Waals surface area (Å²) in [6.45, 7) is 2.74. The number of anilines is 1. The Morgan fingerprint density at radius 3 is 3.00 bits per heavy atom. The molecule has 0 radical (unpaired) electrons. The zero-order valence-corrected chi connectivity index (χ0v) is 9.21.